The molecule has 19 nitrogen and oxygen atoms in total. The maximum absolute atomic E-state index is 13.5. The fraction of sp³-hybridized carbons (Fsp3) is 0.447. The predicted octanol–water partition coefficient (Wildman–Crippen LogP) is 5.00. The Morgan fingerprint density at radius 2 is 0.901 bits per heavy atom. The topological polar surface area (TPSA) is 308 Å². The summed E-state index contributed by atoms with van der Waals surface area (Å²) in [6.45, 7) is 11.3. The minimum Gasteiger partial charge on any atom is -1.00 e. The van der Waals surface area contributed by atoms with Gasteiger partial charge in [-0.1, -0.05) is 65.8 Å². The molecular weight excluding hydrogens is 997 g/mol. The Kier molecular flexibility index (Phi) is 26.5. The SMILES string of the molecule is CC(C)N.CC(C)c1nc(N(C)S(C)(=O)=O)nc(-c2ccc(F)cc2)c1C=C[C@@H](O)C[C@@H](O)CC(=O)O.CC(C)c1nc(N(C)S(C)(=O)=O)nc(-c2ccc(F)cc2)c1C=C[C@@H](O)C[C@@H](O)CC(=O)O.[Ca+2].[H-].[H-]. The molecule has 0 bridgehead atoms. The zero-order chi connectivity index (χ0) is 53.4. The summed E-state index contributed by atoms with van der Waals surface area (Å²) in [7, 11) is -4.65. The molecule has 2 aromatic carbocycles. The molecule has 0 amide bonds. The minimum atomic E-state index is -3.65. The number of aromatic nitrogens is 4. The summed E-state index contributed by atoms with van der Waals surface area (Å²) in [6.07, 6.45) is 1.72. The van der Waals surface area contributed by atoms with Crippen molar-refractivity contribution >= 4 is 93.8 Å². The van der Waals surface area contributed by atoms with Crippen LogP contribution in [0, 0.1) is 11.6 Å². The second kappa shape index (κ2) is 29.2. The molecule has 0 radical (unpaired) electrons. The molecule has 4 atom stereocenters. The molecule has 4 aromatic rings. The Hall–Kier alpha value is -4.56. The second-order valence-electron chi connectivity index (χ2n) is 17.2. The number of carboxylic acids is 2. The van der Waals surface area contributed by atoms with Crippen molar-refractivity contribution in [3.8, 4) is 22.5 Å². The molecule has 2 aromatic heterocycles. The third-order valence-electron chi connectivity index (χ3n) is 9.63. The molecule has 0 unspecified atom stereocenters. The number of nitrogens with two attached hydrogens (primary N) is 1. The maximum atomic E-state index is 13.5. The number of hydrogen-bond donors (Lipinski definition) is 7. The first-order valence-corrected chi connectivity index (χ1v) is 25.5. The summed E-state index contributed by atoms with van der Waals surface area (Å²) >= 11 is 0. The molecule has 2 heterocycles. The first kappa shape index (κ1) is 64.5. The van der Waals surface area contributed by atoms with Crippen LogP contribution in [0.3, 0.4) is 0 Å². The number of rotatable bonds is 20. The van der Waals surface area contributed by atoms with E-state index in [9.17, 15) is 55.6 Å². The van der Waals surface area contributed by atoms with Crippen molar-refractivity contribution in [3.63, 3.8) is 0 Å². The van der Waals surface area contributed by atoms with E-state index < -0.39 is 80.9 Å². The number of carboxylic acid groups (broad SMARTS) is 2. The molecule has 4 rings (SSSR count). The minimum absolute atomic E-state index is 0. The molecule has 0 saturated carbocycles. The van der Waals surface area contributed by atoms with Gasteiger partial charge in [-0.15, -0.1) is 0 Å². The van der Waals surface area contributed by atoms with Gasteiger partial charge in [0.05, 0.1) is 72.5 Å². The number of aliphatic carboxylic acids is 2. The Labute approximate surface area is 447 Å². The number of anilines is 2. The van der Waals surface area contributed by atoms with Gasteiger partial charge in [-0.25, -0.2) is 54.2 Å². The summed E-state index contributed by atoms with van der Waals surface area (Å²) in [5, 5.41) is 57.6. The molecule has 24 heteroatoms. The predicted molar refractivity (Wildman–Crippen MR) is 273 cm³/mol. The third-order valence-corrected chi connectivity index (χ3v) is 11.9. The Balaban J connectivity index is 0. The van der Waals surface area contributed by atoms with Gasteiger partial charge in [0.1, 0.15) is 11.6 Å². The van der Waals surface area contributed by atoms with Gasteiger partial charge in [0.25, 0.3) is 0 Å². The summed E-state index contributed by atoms with van der Waals surface area (Å²) in [5.41, 5.74) is 8.71. The fourth-order valence-corrected chi connectivity index (χ4v) is 6.85. The molecule has 0 saturated heterocycles. The Morgan fingerprint density at radius 3 is 1.14 bits per heavy atom. The van der Waals surface area contributed by atoms with Gasteiger partial charge < -0.3 is 39.2 Å². The standard InChI is InChI=1S/2C22H28FN3O6S.C3H9N.Ca.2H/c2*1-13(2)20-18(10-9-16(27)11-17(28)12-19(29)30)21(14-5-7-15(23)8-6-14)25-22(24-20)26(3)33(4,31)32;1-3(2)4;;;/h2*5-10,13,16-17,27-28H,11-12H2,1-4H3,(H,29,30);3H,4H2,1-2H3;;;/q;;;+2;2*-1/t2*16-,17-;;;;/m11..../s1. The second-order valence-corrected chi connectivity index (χ2v) is 21.2. The van der Waals surface area contributed by atoms with Crippen LogP contribution in [0.4, 0.5) is 20.7 Å². The van der Waals surface area contributed by atoms with Gasteiger partial charge in [0.2, 0.25) is 31.9 Å². The van der Waals surface area contributed by atoms with E-state index in [0.717, 1.165) is 21.1 Å². The van der Waals surface area contributed by atoms with Gasteiger partial charge in [0, 0.05) is 49.2 Å². The molecule has 0 spiro atoms. The number of hydrogen-bond acceptors (Lipinski definition) is 15. The van der Waals surface area contributed by atoms with Crippen molar-refractivity contribution in [1.29, 1.82) is 0 Å². The van der Waals surface area contributed by atoms with Crippen LogP contribution in [0.25, 0.3) is 34.7 Å². The van der Waals surface area contributed by atoms with E-state index in [4.69, 9.17) is 15.9 Å². The summed E-state index contributed by atoms with van der Waals surface area (Å²) in [4.78, 5) is 39.1. The third kappa shape index (κ3) is 22.0. The molecular formula is C47H67CaF2N7O12S2. The van der Waals surface area contributed by atoms with Crippen LogP contribution in [-0.2, 0) is 29.6 Å². The van der Waals surface area contributed by atoms with E-state index in [2.05, 4.69) is 19.9 Å². The number of aliphatic hydroxyl groups excluding tert-OH is 4. The Bertz CT molecular complexity index is 2490. The number of nitrogens with zero attached hydrogens (tertiary/aromatic N) is 6. The van der Waals surface area contributed by atoms with Gasteiger partial charge in [-0.2, -0.15) is 0 Å². The van der Waals surface area contributed by atoms with E-state index in [1.165, 1.54) is 86.9 Å². The van der Waals surface area contributed by atoms with Crippen LogP contribution >= 0.6 is 0 Å². The molecule has 8 N–H and O–H groups in total. The van der Waals surface area contributed by atoms with Crippen molar-refractivity contribution in [2.75, 3.05) is 35.2 Å². The van der Waals surface area contributed by atoms with Crippen LogP contribution in [0.15, 0.2) is 60.7 Å². The molecule has 0 aliphatic carbocycles. The summed E-state index contributed by atoms with van der Waals surface area (Å²) in [5.74, 6) is -3.74. The number of aliphatic hydroxyl groups is 4. The number of benzene rings is 2. The van der Waals surface area contributed by atoms with Crippen LogP contribution in [0.1, 0.15) is 104 Å². The molecule has 71 heavy (non-hydrogen) atoms. The number of halogens is 2. The van der Waals surface area contributed by atoms with E-state index in [0.29, 0.717) is 51.1 Å². The first-order chi connectivity index (χ1) is 32.3. The maximum Gasteiger partial charge on any atom is 2.00 e. The summed E-state index contributed by atoms with van der Waals surface area (Å²) in [6, 6.07) is 11.3. The molecule has 0 fully saturated rings. The summed E-state index contributed by atoms with van der Waals surface area (Å²) < 4.78 is 77.2. The average Bonchev–Trinajstić information content (AvgIpc) is 3.23. The zero-order valence-corrected chi connectivity index (χ0v) is 45.3. The van der Waals surface area contributed by atoms with E-state index >= 15 is 0 Å². The smallest absolute Gasteiger partial charge is 1.00 e. The molecule has 390 valence electrons. The number of sulfonamides is 2. The van der Waals surface area contributed by atoms with E-state index in [-0.39, 0.29) is 77.2 Å². The van der Waals surface area contributed by atoms with Gasteiger partial charge in [-0.05, 0) is 66.4 Å². The van der Waals surface area contributed by atoms with E-state index in [1.807, 2.05) is 41.5 Å². The van der Waals surface area contributed by atoms with E-state index in [1.54, 1.807) is 0 Å². The normalized spacial score (nSPS) is 13.5. The van der Waals surface area contributed by atoms with Gasteiger partial charge in [-0.3, -0.25) is 9.59 Å². The van der Waals surface area contributed by atoms with Crippen LogP contribution < -0.4 is 14.3 Å². The van der Waals surface area contributed by atoms with Crippen molar-refractivity contribution in [2.45, 2.75) is 110 Å². The number of carbonyl (C=O) groups is 2. The zero-order valence-electron chi connectivity index (χ0n) is 43.5. The monoisotopic (exact) mass is 1060 g/mol. The van der Waals surface area contributed by atoms with Crippen molar-refractivity contribution < 1.29 is 68.7 Å². The van der Waals surface area contributed by atoms with Crippen molar-refractivity contribution in [2.24, 2.45) is 5.73 Å². The van der Waals surface area contributed by atoms with Crippen LogP contribution in [0.5, 0.6) is 0 Å². The van der Waals surface area contributed by atoms with Gasteiger partial charge in [0.15, 0.2) is 0 Å². The molecule has 0 aliphatic heterocycles. The van der Waals surface area contributed by atoms with Crippen molar-refractivity contribution in [1.82, 2.24) is 19.9 Å². The largest absolute Gasteiger partial charge is 2.00 e. The van der Waals surface area contributed by atoms with Gasteiger partial charge >= 0.3 is 49.7 Å². The van der Waals surface area contributed by atoms with Crippen molar-refractivity contribution in [3.05, 3.63) is 94.8 Å². The average molecular weight is 1060 g/mol. The quantitative estimate of drug-likeness (QED) is 0.0573. The molecule has 0 aliphatic rings. The first-order valence-electron chi connectivity index (χ1n) is 21.8. The van der Waals surface area contributed by atoms with Crippen LogP contribution in [-0.4, -0.2) is 174 Å². The Morgan fingerprint density at radius 1 is 0.620 bits per heavy atom. The van der Waals surface area contributed by atoms with Crippen LogP contribution in [0.2, 0.25) is 0 Å². The fourth-order valence-electron chi connectivity index (χ4n) is 6.09.